The zero-order valence-corrected chi connectivity index (χ0v) is 16.3. The number of hydrogen-bond donors (Lipinski definition) is 2. The molecule has 0 aliphatic heterocycles. The summed E-state index contributed by atoms with van der Waals surface area (Å²) in [6.45, 7) is 1.89. The predicted octanol–water partition coefficient (Wildman–Crippen LogP) is 4.34. The Morgan fingerprint density at radius 3 is 2.54 bits per heavy atom. The number of phenols is 1. The van der Waals surface area contributed by atoms with Gasteiger partial charge in [-0.15, -0.1) is 0 Å². The number of rotatable bonds is 7. The van der Waals surface area contributed by atoms with E-state index in [1.807, 2.05) is 0 Å². The Balaban J connectivity index is 2.20. The van der Waals surface area contributed by atoms with Gasteiger partial charge in [0.15, 0.2) is 6.61 Å². The molecule has 0 atom stereocenters. The minimum atomic E-state index is -0.489. The molecule has 0 saturated carbocycles. The van der Waals surface area contributed by atoms with Gasteiger partial charge in [-0.2, -0.15) is 0 Å². The molecule has 8 heteroatoms. The smallest absolute Gasteiger partial charge is 0.344 e. The minimum Gasteiger partial charge on any atom is -0.506 e. The first-order valence-electron chi connectivity index (χ1n) is 7.83. The number of carbonyl (C=O) groups is 1. The Morgan fingerprint density at radius 2 is 1.88 bits per heavy atom. The molecule has 0 amide bonds. The Bertz CT molecular complexity index is 812. The molecule has 2 aromatic rings. The lowest BCUT2D eigenvalue weighted by atomic mass is 10.0. The Labute approximate surface area is 166 Å². The number of esters is 1. The standard InChI is InChI=1S/C18H18Cl3NO4/c1-2-25-15(23)9-26-14-4-3-11(16(20)17(14)21)5-10-6-12(8-22)18(24)13(19)7-10/h3-4,6-7,24H,2,5,8-9,22H2,1H3. The number of halogens is 3. The molecule has 0 radical (unpaired) electrons. The van der Waals surface area contributed by atoms with Crippen LogP contribution in [0.3, 0.4) is 0 Å². The highest BCUT2D eigenvalue weighted by Crippen LogP contribution is 2.37. The third kappa shape index (κ3) is 4.95. The highest BCUT2D eigenvalue weighted by molar-refractivity contribution is 6.43. The van der Waals surface area contributed by atoms with Crippen molar-refractivity contribution in [3.63, 3.8) is 0 Å². The summed E-state index contributed by atoms with van der Waals surface area (Å²) in [5.41, 5.74) is 7.73. The number of phenolic OH excluding ortho intramolecular Hbond substituents is 1. The molecular formula is C18H18Cl3NO4. The average molecular weight is 419 g/mol. The fourth-order valence-corrected chi connectivity index (χ4v) is 3.08. The number of benzene rings is 2. The van der Waals surface area contributed by atoms with Crippen LogP contribution in [-0.2, 0) is 22.5 Å². The first-order valence-corrected chi connectivity index (χ1v) is 8.96. The van der Waals surface area contributed by atoms with E-state index in [1.54, 1.807) is 31.2 Å². The largest absolute Gasteiger partial charge is 0.506 e. The van der Waals surface area contributed by atoms with Crippen LogP contribution in [0.25, 0.3) is 0 Å². The van der Waals surface area contributed by atoms with Crippen molar-refractivity contribution in [2.45, 2.75) is 19.9 Å². The quantitative estimate of drug-likeness (QED) is 0.654. The highest BCUT2D eigenvalue weighted by Gasteiger charge is 2.15. The maximum absolute atomic E-state index is 11.4. The molecule has 2 aromatic carbocycles. The molecule has 0 aliphatic carbocycles. The number of ether oxygens (including phenoxy) is 2. The van der Waals surface area contributed by atoms with Gasteiger partial charge in [-0.3, -0.25) is 0 Å². The molecule has 0 saturated heterocycles. The summed E-state index contributed by atoms with van der Waals surface area (Å²) < 4.78 is 10.1. The zero-order chi connectivity index (χ0) is 19.3. The molecular weight excluding hydrogens is 401 g/mol. The number of nitrogens with two attached hydrogens (primary N) is 1. The first kappa shape index (κ1) is 20.6. The number of aromatic hydroxyl groups is 1. The number of carbonyl (C=O) groups excluding carboxylic acids is 1. The van der Waals surface area contributed by atoms with E-state index in [1.165, 1.54) is 0 Å². The van der Waals surface area contributed by atoms with Crippen molar-refractivity contribution in [1.82, 2.24) is 0 Å². The fraction of sp³-hybridized carbons (Fsp3) is 0.278. The lowest BCUT2D eigenvalue weighted by Crippen LogP contribution is -2.14. The Hall–Kier alpha value is -1.66. The van der Waals surface area contributed by atoms with Crippen molar-refractivity contribution >= 4 is 40.8 Å². The summed E-state index contributed by atoms with van der Waals surface area (Å²) in [4.78, 5) is 11.4. The predicted molar refractivity (Wildman–Crippen MR) is 102 cm³/mol. The van der Waals surface area contributed by atoms with Crippen molar-refractivity contribution < 1.29 is 19.4 Å². The Kier molecular flexibility index (Phi) is 7.41. The van der Waals surface area contributed by atoms with Crippen LogP contribution >= 0.6 is 34.8 Å². The highest BCUT2D eigenvalue weighted by atomic mass is 35.5. The molecule has 0 aromatic heterocycles. The zero-order valence-electron chi connectivity index (χ0n) is 14.0. The van der Waals surface area contributed by atoms with Gasteiger partial charge < -0.3 is 20.3 Å². The minimum absolute atomic E-state index is 0.0234. The van der Waals surface area contributed by atoms with E-state index in [2.05, 4.69) is 0 Å². The maximum atomic E-state index is 11.4. The van der Waals surface area contributed by atoms with Crippen LogP contribution in [0, 0.1) is 0 Å². The second-order valence-corrected chi connectivity index (χ2v) is 6.57. The van der Waals surface area contributed by atoms with E-state index in [9.17, 15) is 9.90 Å². The normalized spacial score (nSPS) is 10.7. The summed E-state index contributed by atoms with van der Waals surface area (Å²) >= 11 is 18.6. The van der Waals surface area contributed by atoms with Crippen LogP contribution in [0.2, 0.25) is 15.1 Å². The summed E-state index contributed by atoms with van der Waals surface area (Å²) in [7, 11) is 0. The van der Waals surface area contributed by atoms with Crippen LogP contribution in [0.15, 0.2) is 24.3 Å². The molecule has 0 heterocycles. The molecule has 2 rings (SSSR count). The molecule has 140 valence electrons. The van der Waals surface area contributed by atoms with Gasteiger partial charge in [0.05, 0.1) is 16.7 Å². The molecule has 0 aliphatic rings. The van der Waals surface area contributed by atoms with Gasteiger partial charge in [-0.1, -0.05) is 46.9 Å². The van der Waals surface area contributed by atoms with Gasteiger partial charge in [0.25, 0.3) is 0 Å². The molecule has 0 spiro atoms. The summed E-state index contributed by atoms with van der Waals surface area (Å²) in [6.07, 6.45) is 0.434. The molecule has 0 fully saturated rings. The van der Waals surface area contributed by atoms with Crippen LogP contribution < -0.4 is 10.5 Å². The Morgan fingerprint density at radius 1 is 1.15 bits per heavy atom. The summed E-state index contributed by atoms with van der Waals surface area (Å²) in [5.74, 6) is -0.221. The van der Waals surface area contributed by atoms with Crippen LogP contribution in [0.1, 0.15) is 23.6 Å². The topological polar surface area (TPSA) is 81.8 Å². The SMILES string of the molecule is CCOC(=O)COc1ccc(Cc2cc(Cl)c(O)c(CN)c2)c(Cl)c1Cl. The van der Waals surface area contributed by atoms with Crippen molar-refractivity contribution in [3.05, 3.63) is 56.0 Å². The van der Waals surface area contributed by atoms with E-state index in [0.29, 0.717) is 22.8 Å². The second-order valence-electron chi connectivity index (χ2n) is 5.41. The molecule has 0 unspecified atom stereocenters. The second kappa shape index (κ2) is 9.33. The first-order chi connectivity index (χ1) is 12.4. The lowest BCUT2D eigenvalue weighted by molar-refractivity contribution is -0.145. The monoisotopic (exact) mass is 417 g/mol. The van der Waals surface area contributed by atoms with Crippen LogP contribution in [-0.4, -0.2) is 24.3 Å². The van der Waals surface area contributed by atoms with E-state index in [4.69, 9.17) is 50.0 Å². The summed E-state index contributed by atoms with van der Waals surface area (Å²) in [6, 6.07) is 6.79. The van der Waals surface area contributed by atoms with Crippen molar-refractivity contribution in [3.8, 4) is 11.5 Å². The van der Waals surface area contributed by atoms with Gasteiger partial charge in [-0.05, 0) is 36.6 Å². The molecule has 3 N–H and O–H groups in total. The van der Waals surface area contributed by atoms with Gasteiger partial charge >= 0.3 is 5.97 Å². The third-order valence-corrected chi connectivity index (χ3v) is 4.79. The molecule has 26 heavy (non-hydrogen) atoms. The van der Waals surface area contributed by atoms with Gasteiger partial charge in [-0.25, -0.2) is 4.79 Å². The van der Waals surface area contributed by atoms with Crippen LogP contribution in [0.5, 0.6) is 11.5 Å². The third-order valence-electron chi connectivity index (χ3n) is 3.59. The van der Waals surface area contributed by atoms with Crippen LogP contribution in [0.4, 0.5) is 0 Å². The van der Waals surface area contributed by atoms with E-state index in [-0.39, 0.29) is 35.6 Å². The van der Waals surface area contributed by atoms with Crippen molar-refractivity contribution in [2.24, 2.45) is 5.73 Å². The fourth-order valence-electron chi connectivity index (χ4n) is 2.35. The van der Waals surface area contributed by atoms with E-state index in [0.717, 1.165) is 11.1 Å². The maximum Gasteiger partial charge on any atom is 0.344 e. The van der Waals surface area contributed by atoms with Gasteiger partial charge in [0.1, 0.15) is 16.5 Å². The van der Waals surface area contributed by atoms with E-state index >= 15 is 0 Å². The van der Waals surface area contributed by atoms with Crippen molar-refractivity contribution in [2.75, 3.05) is 13.2 Å². The van der Waals surface area contributed by atoms with Crippen molar-refractivity contribution in [1.29, 1.82) is 0 Å². The summed E-state index contributed by atoms with van der Waals surface area (Å²) in [5, 5.41) is 10.6. The van der Waals surface area contributed by atoms with E-state index < -0.39 is 5.97 Å². The average Bonchev–Trinajstić information content (AvgIpc) is 2.61. The molecule has 0 bridgehead atoms. The molecule has 5 nitrogen and oxygen atoms in total. The van der Waals surface area contributed by atoms with Gasteiger partial charge in [0, 0.05) is 12.1 Å². The van der Waals surface area contributed by atoms with Gasteiger partial charge in [0.2, 0.25) is 0 Å². The number of hydrogen-bond acceptors (Lipinski definition) is 5. The lowest BCUT2D eigenvalue weighted by Gasteiger charge is -2.13.